The number of nitrogens with one attached hydrogen (secondary N) is 1. The molecule has 1 unspecified atom stereocenters. The third kappa shape index (κ3) is 11.8. The molecule has 1 N–H and O–H groups in total. The molecule has 0 spiro atoms. The van der Waals surface area contributed by atoms with Crippen LogP contribution in [0.15, 0.2) is 0 Å². The highest BCUT2D eigenvalue weighted by Crippen LogP contribution is 2.12. The number of hydrogen-bond donors (Lipinski definition) is 1. The summed E-state index contributed by atoms with van der Waals surface area (Å²) in [6.45, 7) is 5.95. The number of hydrogen-bond acceptors (Lipinski definition) is 2. The van der Waals surface area contributed by atoms with E-state index in [1.807, 2.05) is 0 Å². The summed E-state index contributed by atoms with van der Waals surface area (Å²) in [5.74, 6) is 0.641. The van der Waals surface area contributed by atoms with Crippen LogP contribution in [0.1, 0.15) is 33.6 Å². The van der Waals surface area contributed by atoms with E-state index in [9.17, 15) is 13.2 Å². The summed E-state index contributed by atoms with van der Waals surface area (Å²) in [4.78, 5) is 0. The zero-order chi connectivity index (χ0) is 12.6. The molecule has 0 bridgehead atoms. The molecule has 0 aromatic carbocycles. The predicted octanol–water partition coefficient (Wildman–Crippen LogP) is 2.98. The van der Waals surface area contributed by atoms with Crippen molar-refractivity contribution in [3.8, 4) is 0 Å². The predicted molar refractivity (Wildman–Crippen MR) is 58.4 cm³/mol. The highest BCUT2D eigenvalue weighted by Gasteiger charge is 2.26. The maximum atomic E-state index is 11.8. The molecule has 0 saturated heterocycles. The number of ether oxygens (including phenoxy) is 1. The first-order chi connectivity index (χ1) is 7.31. The monoisotopic (exact) mass is 241 g/mol. The third-order valence-corrected chi connectivity index (χ3v) is 2.09. The van der Waals surface area contributed by atoms with E-state index in [0.29, 0.717) is 12.5 Å². The van der Waals surface area contributed by atoms with Gasteiger partial charge >= 0.3 is 6.18 Å². The second kappa shape index (κ2) is 7.90. The van der Waals surface area contributed by atoms with Crippen LogP contribution in [-0.2, 0) is 4.74 Å². The average molecular weight is 241 g/mol. The minimum atomic E-state index is -4.14. The molecule has 2 nitrogen and oxygen atoms in total. The lowest BCUT2D eigenvalue weighted by atomic mass is 10.1. The molecule has 0 radical (unpaired) electrons. The quantitative estimate of drug-likeness (QED) is 0.660. The van der Waals surface area contributed by atoms with Gasteiger partial charge in [0.2, 0.25) is 0 Å². The topological polar surface area (TPSA) is 21.3 Å². The van der Waals surface area contributed by atoms with Gasteiger partial charge in [-0.05, 0) is 25.7 Å². The minimum absolute atomic E-state index is 0.172. The molecule has 0 amide bonds. The summed E-state index contributed by atoms with van der Waals surface area (Å²) < 4.78 is 40.8. The lowest BCUT2D eigenvalue weighted by Gasteiger charge is -2.15. The van der Waals surface area contributed by atoms with Gasteiger partial charge in [-0.3, -0.25) is 0 Å². The van der Waals surface area contributed by atoms with Crippen molar-refractivity contribution in [2.45, 2.75) is 45.9 Å². The Hall–Kier alpha value is -0.290. The Labute approximate surface area is 95.5 Å². The molecule has 0 rings (SSSR count). The molecule has 0 aliphatic carbocycles. The molecule has 0 aromatic rings. The Morgan fingerprint density at radius 2 is 1.81 bits per heavy atom. The average Bonchev–Trinajstić information content (AvgIpc) is 2.10. The SMILES string of the molecule is CC(C)CCCOC(C)CNCC(F)(F)F. The first-order valence-electron chi connectivity index (χ1n) is 5.70. The van der Waals surface area contributed by atoms with Crippen LogP contribution in [0.2, 0.25) is 0 Å². The van der Waals surface area contributed by atoms with E-state index in [4.69, 9.17) is 4.74 Å². The Balaban J connectivity index is 3.35. The Morgan fingerprint density at radius 3 is 2.31 bits per heavy atom. The highest BCUT2D eigenvalue weighted by atomic mass is 19.4. The standard InChI is InChI=1S/C11H22F3NO/c1-9(2)5-4-6-16-10(3)7-15-8-11(12,13)14/h9-10,15H,4-8H2,1-3H3. The van der Waals surface area contributed by atoms with Crippen molar-refractivity contribution >= 4 is 0 Å². The molecule has 16 heavy (non-hydrogen) atoms. The maximum absolute atomic E-state index is 11.8. The van der Waals surface area contributed by atoms with E-state index in [2.05, 4.69) is 19.2 Å². The van der Waals surface area contributed by atoms with Crippen molar-refractivity contribution in [3.63, 3.8) is 0 Å². The van der Waals surface area contributed by atoms with Crippen LogP contribution in [0.3, 0.4) is 0 Å². The molecule has 0 aromatic heterocycles. The molecule has 0 saturated carbocycles. The van der Waals surface area contributed by atoms with Gasteiger partial charge in [-0.25, -0.2) is 0 Å². The fourth-order valence-corrected chi connectivity index (χ4v) is 1.25. The number of alkyl halides is 3. The van der Waals surface area contributed by atoms with Gasteiger partial charge in [0, 0.05) is 13.2 Å². The fourth-order valence-electron chi connectivity index (χ4n) is 1.25. The molecule has 98 valence electrons. The van der Waals surface area contributed by atoms with Gasteiger partial charge in [-0.1, -0.05) is 13.8 Å². The Bertz CT molecular complexity index is 171. The van der Waals surface area contributed by atoms with Gasteiger partial charge in [0.25, 0.3) is 0 Å². The molecule has 0 fully saturated rings. The number of halogens is 3. The third-order valence-electron chi connectivity index (χ3n) is 2.09. The van der Waals surface area contributed by atoms with Crippen molar-refractivity contribution in [3.05, 3.63) is 0 Å². The minimum Gasteiger partial charge on any atom is -0.377 e. The molecule has 0 heterocycles. The summed E-state index contributed by atoms with van der Waals surface area (Å²) in [7, 11) is 0. The summed E-state index contributed by atoms with van der Waals surface area (Å²) in [5, 5.41) is 2.32. The van der Waals surface area contributed by atoms with Gasteiger partial charge in [-0.2, -0.15) is 13.2 Å². The Morgan fingerprint density at radius 1 is 1.19 bits per heavy atom. The van der Waals surface area contributed by atoms with Crippen molar-refractivity contribution in [2.24, 2.45) is 5.92 Å². The fraction of sp³-hybridized carbons (Fsp3) is 1.00. The molecular weight excluding hydrogens is 219 g/mol. The first-order valence-corrected chi connectivity index (χ1v) is 5.70. The molecule has 1 atom stereocenters. The van der Waals surface area contributed by atoms with Crippen molar-refractivity contribution in [2.75, 3.05) is 19.7 Å². The van der Waals surface area contributed by atoms with Crippen LogP contribution >= 0.6 is 0 Å². The lowest BCUT2D eigenvalue weighted by Crippen LogP contribution is -2.34. The van der Waals surface area contributed by atoms with Crippen LogP contribution in [-0.4, -0.2) is 32.0 Å². The summed E-state index contributed by atoms with van der Waals surface area (Å²) in [6.07, 6.45) is -2.27. The van der Waals surface area contributed by atoms with E-state index in [1.165, 1.54) is 0 Å². The van der Waals surface area contributed by atoms with Gasteiger partial charge in [-0.15, -0.1) is 0 Å². The van der Waals surface area contributed by atoms with Crippen molar-refractivity contribution in [1.29, 1.82) is 0 Å². The number of rotatable bonds is 8. The van der Waals surface area contributed by atoms with Crippen molar-refractivity contribution < 1.29 is 17.9 Å². The van der Waals surface area contributed by atoms with Crippen LogP contribution in [0.4, 0.5) is 13.2 Å². The molecule has 0 aliphatic rings. The molecule has 5 heteroatoms. The van der Waals surface area contributed by atoms with E-state index in [1.54, 1.807) is 6.92 Å². The molecular formula is C11H22F3NO. The van der Waals surface area contributed by atoms with E-state index >= 15 is 0 Å². The van der Waals surface area contributed by atoms with Crippen molar-refractivity contribution in [1.82, 2.24) is 5.32 Å². The van der Waals surface area contributed by atoms with E-state index in [-0.39, 0.29) is 12.6 Å². The van der Waals surface area contributed by atoms with Gasteiger partial charge in [0.15, 0.2) is 0 Å². The molecule has 0 aliphatic heterocycles. The highest BCUT2D eigenvalue weighted by molar-refractivity contribution is 4.60. The van der Waals surface area contributed by atoms with Crippen LogP contribution in [0.25, 0.3) is 0 Å². The lowest BCUT2D eigenvalue weighted by molar-refractivity contribution is -0.125. The summed E-state index contributed by atoms with van der Waals surface area (Å²) >= 11 is 0. The largest absolute Gasteiger partial charge is 0.401 e. The second-order valence-electron chi connectivity index (χ2n) is 4.46. The van der Waals surface area contributed by atoms with Gasteiger partial charge in [0.05, 0.1) is 12.6 Å². The summed E-state index contributed by atoms with van der Waals surface area (Å²) in [6, 6.07) is 0. The van der Waals surface area contributed by atoms with Crippen LogP contribution < -0.4 is 5.32 Å². The first kappa shape index (κ1) is 15.7. The summed E-state index contributed by atoms with van der Waals surface area (Å²) in [5.41, 5.74) is 0. The van der Waals surface area contributed by atoms with Gasteiger partial charge in [0.1, 0.15) is 0 Å². The van der Waals surface area contributed by atoms with Crippen LogP contribution in [0.5, 0.6) is 0 Å². The zero-order valence-electron chi connectivity index (χ0n) is 10.2. The van der Waals surface area contributed by atoms with E-state index in [0.717, 1.165) is 12.8 Å². The van der Waals surface area contributed by atoms with E-state index < -0.39 is 12.7 Å². The van der Waals surface area contributed by atoms with Crippen LogP contribution in [0, 0.1) is 5.92 Å². The van der Waals surface area contributed by atoms with Gasteiger partial charge < -0.3 is 10.1 Å². The smallest absolute Gasteiger partial charge is 0.377 e. The maximum Gasteiger partial charge on any atom is 0.401 e. The Kier molecular flexibility index (Phi) is 7.76. The zero-order valence-corrected chi connectivity index (χ0v) is 10.2. The second-order valence-corrected chi connectivity index (χ2v) is 4.46. The normalized spacial score (nSPS) is 14.4.